The van der Waals surface area contributed by atoms with Crippen LogP contribution in [0.5, 0.6) is 0 Å². The highest BCUT2D eigenvalue weighted by molar-refractivity contribution is 7.13. The van der Waals surface area contributed by atoms with Gasteiger partial charge in [-0.1, -0.05) is 0 Å². The molecule has 1 aromatic rings. The van der Waals surface area contributed by atoms with Gasteiger partial charge < -0.3 is 5.11 Å². The third kappa shape index (κ3) is 1.87. The van der Waals surface area contributed by atoms with E-state index in [9.17, 15) is 4.79 Å². The van der Waals surface area contributed by atoms with Crippen molar-refractivity contribution in [3.8, 4) is 6.07 Å². The van der Waals surface area contributed by atoms with Gasteiger partial charge in [-0.3, -0.25) is 4.79 Å². The van der Waals surface area contributed by atoms with Crippen LogP contribution in [0.15, 0.2) is 6.20 Å². The molecular weight excluding hydrogens is 176 g/mol. The van der Waals surface area contributed by atoms with Crippen molar-refractivity contribution >= 4 is 17.1 Å². The number of hydrogen-bond acceptors (Lipinski definition) is 5. The molecule has 0 unspecified atom stereocenters. The second-order valence-electron chi connectivity index (χ2n) is 2.05. The Hall–Kier alpha value is -1.25. The van der Waals surface area contributed by atoms with Gasteiger partial charge in [0.05, 0.1) is 17.6 Å². The van der Waals surface area contributed by atoms with E-state index in [-0.39, 0.29) is 18.8 Å². The SMILES string of the molecule is N#CCC(=O)c1ncc(CO)s1. The molecule has 0 aliphatic rings. The van der Waals surface area contributed by atoms with Gasteiger partial charge in [-0.2, -0.15) is 5.26 Å². The Kier molecular flexibility index (Phi) is 2.91. The number of carbonyl (C=O) groups excluding carboxylic acids is 1. The van der Waals surface area contributed by atoms with Crippen molar-refractivity contribution in [2.24, 2.45) is 0 Å². The van der Waals surface area contributed by atoms with Crippen LogP contribution in [0, 0.1) is 11.3 Å². The fourth-order valence-corrected chi connectivity index (χ4v) is 1.37. The highest BCUT2D eigenvalue weighted by Crippen LogP contribution is 2.13. The number of thiazole rings is 1. The average molecular weight is 182 g/mol. The Morgan fingerprint density at radius 2 is 2.58 bits per heavy atom. The third-order valence-electron chi connectivity index (χ3n) is 1.19. The van der Waals surface area contributed by atoms with E-state index in [2.05, 4.69) is 4.98 Å². The number of aliphatic hydroxyl groups excluding tert-OH is 1. The van der Waals surface area contributed by atoms with Gasteiger partial charge in [0.1, 0.15) is 6.42 Å². The summed E-state index contributed by atoms with van der Waals surface area (Å²) in [6.45, 7) is -0.114. The molecule has 0 atom stereocenters. The highest BCUT2D eigenvalue weighted by atomic mass is 32.1. The van der Waals surface area contributed by atoms with Crippen LogP contribution < -0.4 is 0 Å². The van der Waals surface area contributed by atoms with Gasteiger partial charge in [-0.15, -0.1) is 11.3 Å². The van der Waals surface area contributed by atoms with Gasteiger partial charge >= 0.3 is 0 Å². The molecule has 1 aromatic heterocycles. The summed E-state index contributed by atoms with van der Waals surface area (Å²) >= 11 is 1.12. The van der Waals surface area contributed by atoms with Gasteiger partial charge in [-0.25, -0.2) is 4.98 Å². The molecule has 0 radical (unpaired) electrons. The third-order valence-corrected chi connectivity index (χ3v) is 2.21. The Bertz CT molecular complexity index is 326. The van der Waals surface area contributed by atoms with Crippen LogP contribution in [0.1, 0.15) is 21.1 Å². The molecule has 0 spiro atoms. The van der Waals surface area contributed by atoms with Gasteiger partial charge in [0, 0.05) is 6.20 Å². The van der Waals surface area contributed by atoms with E-state index in [4.69, 9.17) is 10.4 Å². The number of aliphatic hydroxyl groups is 1. The number of hydrogen-bond donors (Lipinski definition) is 1. The monoisotopic (exact) mass is 182 g/mol. The van der Waals surface area contributed by atoms with Crippen LogP contribution in [-0.4, -0.2) is 15.9 Å². The minimum atomic E-state index is -0.290. The van der Waals surface area contributed by atoms with Crippen LogP contribution in [0.3, 0.4) is 0 Å². The molecule has 0 saturated heterocycles. The lowest BCUT2D eigenvalue weighted by molar-refractivity contribution is 0.0997. The lowest BCUT2D eigenvalue weighted by atomic mass is 10.3. The molecule has 0 bridgehead atoms. The van der Waals surface area contributed by atoms with Gasteiger partial charge in [-0.05, 0) is 0 Å². The highest BCUT2D eigenvalue weighted by Gasteiger charge is 2.09. The Morgan fingerprint density at radius 1 is 1.83 bits per heavy atom. The molecule has 62 valence electrons. The molecule has 12 heavy (non-hydrogen) atoms. The molecule has 0 aliphatic heterocycles. The second kappa shape index (κ2) is 3.95. The van der Waals surface area contributed by atoms with Crippen molar-refractivity contribution < 1.29 is 9.90 Å². The summed E-state index contributed by atoms with van der Waals surface area (Å²) in [6, 6.07) is 1.75. The minimum Gasteiger partial charge on any atom is -0.391 e. The molecule has 5 heteroatoms. The smallest absolute Gasteiger partial charge is 0.205 e. The van der Waals surface area contributed by atoms with E-state index in [0.717, 1.165) is 11.3 Å². The summed E-state index contributed by atoms with van der Waals surface area (Å²) < 4.78 is 0. The lowest BCUT2D eigenvalue weighted by Gasteiger charge is -1.85. The second-order valence-corrected chi connectivity index (χ2v) is 3.16. The van der Waals surface area contributed by atoms with Crippen molar-refractivity contribution in [3.63, 3.8) is 0 Å². The molecule has 0 amide bonds. The number of aromatic nitrogens is 1. The number of nitriles is 1. The molecule has 1 rings (SSSR count). The minimum absolute atomic E-state index is 0.114. The van der Waals surface area contributed by atoms with Crippen LogP contribution in [0.4, 0.5) is 0 Å². The number of rotatable bonds is 3. The number of nitrogens with zero attached hydrogens (tertiary/aromatic N) is 2. The Morgan fingerprint density at radius 3 is 3.08 bits per heavy atom. The van der Waals surface area contributed by atoms with E-state index in [1.165, 1.54) is 6.20 Å². The molecule has 1 N–H and O–H groups in total. The number of carbonyl (C=O) groups is 1. The van der Waals surface area contributed by atoms with Crippen LogP contribution in [-0.2, 0) is 6.61 Å². The van der Waals surface area contributed by atoms with E-state index in [0.29, 0.717) is 9.88 Å². The normalized spacial score (nSPS) is 9.33. The zero-order chi connectivity index (χ0) is 8.97. The maximum atomic E-state index is 11.0. The zero-order valence-electron chi connectivity index (χ0n) is 6.15. The topological polar surface area (TPSA) is 74.0 Å². The molecule has 1 heterocycles. The average Bonchev–Trinajstić information content (AvgIpc) is 2.52. The largest absolute Gasteiger partial charge is 0.391 e. The molecule has 0 aliphatic carbocycles. The van der Waals surface area contributed by atoms with E-state index in [1.54, 1.807) is 6.07 Å². The quantitative estimate of drug-likeness (QED) is 0.699. The molecule has 0 aromatic carbocycles. The maximum Gasteiger partial charge on any atom is 0.205 e. The first kappa shape index (κ1) is 8.84. The van der Waals surface area contributed by atoms with Crippen LogP contribution >= 0.6 is 11.3 Å². The lowest BCUT2D eigenvalue weighted by Crippen LogP contribution is -1.94. The predicted molar refractivity (Wildman–Crippen MR) is 42.6 cm³/mol. The maximum absolute atomic E-state index is 11.0. The van der Waals surface area contributed by atoms with E-state index >= 15 is 0 Å². The van der Waals surface area contributed by atoms with Crippen molar-refractivity contribution in [2.45, 2.75) is 13.0 Å². The Balaban J connectivity index is 2.76. The van der Waals surface area contributed by atoms with E-state index in [1.807, 2.05) is 0 Å². The van der Waals surface area contributed by atoms with Gasteiger partial charge in [0.15, 0.2) is 5.01 Å². The molecule has 4 nitrogen and oxygen atoms in total. The summed E-state index contributed by atoms with van der Waals surface area (Å²) in [5, 5.41) is 17.2. The van der Waals surface area contributed by atoms with Crippen molar-refractivity contribution in [1.29, 1.82) is 5.26 Å². The van der Waals surface area contributed by atoms with Crippen molar-refractivity contribution in [1.82, 2.24) is 4.98 Å². The summed E-state index contributed by atoms with van der Waals surface area (Å²) in [6.07, 6.45) is 1.29. The summed E-state index contributed by atoms with van der Waals surface area (Å²) in [5.74, 6) is -0.290. The summed E-state index contributed by atoms with van der Waals surface area (Å²) in [5.41, 5.74) is 0. The first-order valence-electron chi connectivity index (χ1n) is 3.23. The predicted octanol–water partition coefficient (Wildman–Crippen LogP) is 0.732. The van der Waals surface area contributed by atoms with Crippen molar-refractivity contribution in [3.05, 3.63) is 16.1 Å². The Labute approximate surface area is 73.1 Å². The van der Waals surface area contributed by atoms with Crippen LogP contribution in [0.2, 0.25) is 0 Å². The van der Waals surface area contributed by atoms with Crippen LogP contribution in [0.25, 0.3) is 0 Å². The molecular formula is C7H6N2O2S. The number of ketones is 1. The fourth-order valence-electron chi connectivity index (χ4n) is 0.657. The standard InChI is InChI=1S/C7H6N2O2S/c8-2-1-6(11)7-9-3-5(4-10)12-7/h3,10H,1,4H2. The first-order valence-corrected chi connectivity index (χ1v) is 4.05. The van der Waals surface area contributed by atoms with Gasteiger partial charge in [0.2, 0.25) is 5.78 Å². The molecule has 0 saturated carbocycles. The first-order chi connectivity index (χ1) is 5.77. The van der Waals surface area contributed by atoms with Crippen molar-refractivity contribution in [2.75, 3.05) is 0 Å². The number of Topliss-reactive ketones (excluding diaryl/α,β-unsaturated/α-hetero) is 1. The summed E-state index contributed by atoms with van der Waals surface area (Å²) in [7, 11) is 0. The van der Waals surface area contributed by atoms with E-state index < -0.39 is 0 Å². The fraction of sp³-hybridized carbons (Fsp3) is 0.286. The molecule has 0 fully saturated rings. The zero-order valence-corrected chi connectivity index (χ0v) is 6.97. The van der Waals surface area contributed by atoms with Gasteiger partial charge in [0.25, 0.3) is 0 Å². The summed E-state index contributed by atoms with van der Waals surface area (Å²) in [4.78, 5) is 15.4.